The molecule has 2 aliphatic heterocycles. The average Bonchev–Trinajstić information content (AvgIpc) is 3.23. The molecule has 0 radical (unpaired) electrons. The fraction of sp³-hybridized carbons (Fsp3) is 0.741. The lowest BCUT2D eigenvalue weighted by molar-refractivity contribution is -0.143. The van der Waals surface area contributed by atoms with Gasteiger partial charge in [-0.2, -0.15) is 0 Å². The van der Waals surface area contributed by atoms with E-state index >= 15 is 0 Å². The van der Waals surface area contributed by atoms with Gasteiger partial charge >= 0.3 is 0 Å². The van der Waals surface area contributed by atoms with Crippen molar-refractivity contribution in [1.82, 2.24) is 10.3 Å². The first-order chi connectivity index (χ1) is 16.8. The third-order valence-electron chi connectivity index (χ3n) is 8.14. The summed E-state index contributed by atoms with van der Waals surface area (Å²) >= 11 is 1.37. The highest BCUT2D eigenvalue weighted by Crippen LogP contribution is 2.44. The third kappa shape index (κ3) is 6.61. The first-order valence-electron chi connectivity index (χ1n) is 12.9. The van der Waals surface area contributed by atoms with Crippen LogP contribution in [0.3, 0.4) is 0 Å². The number of ether oxygens (including phenoxy) is 1. The van der Waals surface area contributed by atoms with Crippen molar-refractivity contribution in [3.63, 3.8) is 0 Å². The Labute approximate surface area is 218 Å². The molecule has 36 heavy (non-hydrogen) atoms. The predicted octanol–water partition coefficient (Wildman–Crippen LogP) is 3.23. The van der Waals surface area contributed by atoms with Crippen LogP contribution in [0.1, 0.15) is 84.3 Å². The molecule has 0 unspecified atom stereocenters. The molecule has 1 aromatic rings. The number of carbonyl (C=O) groups is 2. The second-order valence-electron chi connectivity index (χ2n) is 11.4. The molecule has 2 saturated heterocycles. The molecule has 0 saturated carbocycles. The molecule has 1 aromatic heterocycles. The Bertz CT molecular complexity index is 975. The summed E-state index contributed by atoms with van der Waals surface area (Å²) in [5.74, 6) is -1.33. The molecular formula is C27H42N2O6S. The average molecular weight is 523 g/mol. The van der Waals surface area contributed by atoms with Crippen molar-refractivity contribution < 1.29 is 29.6 Å². The summed E-state index contributed by atoms with van der Waals surface area (Å²) in [6.45, 7) is 10.8. The summed E-state index contributed by atoms with van der Waals surface area (Å²) in [6.07, 6.45) is 2.67. The van der Waals surface area contributed by atoms with Crippen molar-refractivity contribution in [3.05, 3.63) is 21.7 Å². The number of Topliss-reactive ketones (excluding diaryl/α,β-unsaturated/α-hetero) is 1. The molecule has 202 valence electrons. The summed E-state index contributed by atoms with van der Waals surface area (Å²) in [5.41, 5.74) is 0.135. The van der Waals surface area contributed by atoms with Crippen LogP contribution in [0.4, 0.5) is 0 Å². The maximum absolute atomic E-state index is 13.2. The summed E-state index contributed by atoms with van der Waals surface area (Å²) in [4.78, 5) is 30.7. The number of hydrogen-bond acceptors (Lipinski definition) is 8. The first-order valence-corrected chi connectivity index (χ1v) is 13.8. The predicted molar refractivity (Wildman–Crippen MR) is 139 cm³/mol. The molecule has 7 atom stereocenters. The molecule has 2 aliphatic rings. The van der Waals surface area contributed by atoms with Gasteiger partial charge in [0.2, 0.25) is 5.91 Å². The van der Waals surface area contributed by atoms with E-state index in [9.17, 15) is 24.9 Å². The molecule has 0 bridgehead atoms. The van der Waals surface area contributed by atoms with E-state index in [0.29, 0.717) is 11.4 Å². The molecule has 9 heteroatoms. The smallest absolute Gasteiger partial charge is 0.223 e. The number of epoxide rings is 1. The molecule has 0 aromatic carbocycles. The van der Waals surface area contributed by atoms with Gasteiger partial charge in [0.25, 0.3) is 0 Å². The minimum Gasteiger partial charge on any atom is -0.392 e. The van der Waals surface area contributed by atoms with Gasteiger partial charge in [0, 0.05) is 17.7 Å². The number of rotatable bonds is 3. The number of fused-ring (bicyclic) bond motifs is 1. The van der Waals surface area contributed by atoms with Crippen LogP contribution in [0.15, 0.2) is 11.0 Å². The molecule has 4 N–H and O–H groups in total. The second-order valence-corrected chi connectivity index (χ2v) is 12.4. The SMILES string of the molecule is C/C(=C\c1csc(CO)n1)[C@@H]1C[C@@H]2O[C@]2(C)CCC[C@H](C)[C@H](O)[C@@H](C)C(=O)C(C)(C)[C@@H](O)CC(=O)N1. The highest BCUT2D eigenvalue weighted by Gasteiger charge is 2.52. The van der Waals surface area contributed by atoms with Crippen molar-refractivity contribution in [2.24, 2.45) is 17.3 Å². The quantitative estimate of drug-likeness (QED) is 0.448. The van der Waals surface area contributed by atoms with E-state index in [1.165, 1.54) is 11.3 Å². The normalized spacial score (nSPS) is 36.8. The zero-order chi connectivity index (χ0) is 26.8. The molecule has 1 amide bonds. The Morgan fingerprint density at radius 2 is 1.97 bits per heavy atom. The number of carbonyl (C=O) groups excluding carboxylic acids is 2. The van der Waals surface area contributed by atoms with Crippen LogP contribution in [-0.2, 0) is 20.9 Å². The Morgan fingerprint density at radius 1 is 1.28 bits per heavy atom. The molecule has 0 aliphatic carbocycles. The Kier molecular flexibility index (Phi) is 9.15. The highest BCUT2D eigenvalue weighted by molar-refractivity contribution is 7.09. The lowest BCUT2D eigenvalue weighted by Gasteiger charge is -2.34. The van der Waals surface area contributed by atoms with Crippen molar-refractivity contribution in [2.75, 3.05) is 0 Å². The summed E-state index contributed by atoms with van der Waals surface area (Å²) < 4.78 is 6.08. The molecule has 0 spiro atoms. The number of nitrogens with one attached hydrogen (secondary N) is 1. The highest BCUT2D eigenvalue weighted by atomic mass is 32.1. The van der Waals surface area contributed by atoms with E-state index in [2.05, 4.69) is 17.2 Å². The fourth-order valence-corrected chi connectivity index (χ4v) is 5.82. The maximum atomic E-state index is 13.2. The van der Waals surface area contributed by atoms with Crippen LogP contribution in [0.2, 0.25) is 0 Å². The number of amides is 1. The summed E-state index contributed by atoms with van der Waals surface area (Å²) in [5, 5.41) is 36.6. The van der Waals surface area contributed by atoms with E-state index < -0.39 is 23.5 Å². The van der Waals surface area contributed by atoms with E-state index in [1.54, 1.807) is 20.8 Å². The molecular weight excluding hydrogens is 480 g/mol. The Hall–Kier alpha value is -1.65. The van der Waals surface area contributed by atoms with Crippen molar-refractivity contribution in [2.45, 2.75) is 110 Å². The zero-order valence-electron chi connectivity index (χ0n) is 22.3. The van der Waals surface area contributed by atoms with Gasteiger partial charge in [-0.3, -0.25) is 9.59 Å². The topological polar surface area (TPSA) is 132 Å². The number of ketones is 1. The van der Waals surface area contributed by atoms with Gasteiger partial charge in [-0.25, -0.2) is 4.98 Å². The van der Waals surface area contributed by atoms with Crippen LogP contribution in [0, 0.1) is 17.3 Å². The van der Waals surface area contributed by atoms with Gasteiger partial charge in [-0.05, 0) is 44.3 Å². The van der Waals surface area contributed by atoms with Gasteiger partial charge in [-0.15, -0.1) is 11.3 Å². The number of nitrogens with zero attached hydrogens (tertiary/aromatic N) is 1. The van der Waals surface area contributed by atoms with Crippen LogP contribution in [-0.4, -0.2) is 61.9 Å². The molecule has 3 heterocycles. The number of aliphatic hydroxyl groups excluding tert-OH is 3. The van der Waals surface area contributed by atoms with Crippen LogP contribution in [0.25, 0.3) is 6.08 Å². The third-order valence-corrected chi connectivity index (χ3v) is 8.99. The molecule has 8 nitrogen and oxygen atoms in total. The summed E-state index contributed by atoms with van der Waals surface area (Å²) in [6, 6.07) is -0.331. The number of hydrogen-bond donors (Lipinski definition) is 4. The van der Waals surface area contributed by atoms with Crippen molar-refractivity contribution >= 4 is 29.1 Å². The molecule has 2 fully saturated rings. The largest absolute Gasteiger partial charge is 0.392 e. The maximum Gasteiger partial charge on any atom is 0.223 e. The van der Waals surface area contributed by atoms with E-state index in [-0.39, 0.29) is 48.4 Å². The zero-order valence-corrected chi connectivity index (χ0v) is 23.1. The molecule has 3 rings (SSSR count). The van der Waals surface area contributed by atoms with Gasteiger partial charge < -0.3 is 25.4 Å². The number of aromatic nitrogens is 1. The minimum atomic E-state index is -1.19. The number of thiazole rings is 1. The standard InChI is InChI=1S/C27H42N2O6S/c1-15-8-7-9-27(6)21(35-27)11-19(16(2)10-18-14-36-23(13-30)28-18)29-22(32)12-20(31)26(4,5)25(34)17(3)24(15)33/h10,14-15,17,19-21,24,30-31,33H,7-9,11-13H2,1-6H3,(H,29,32)/b16-10+/t15-,17+,19-,20-,21-,24-,27+/m0/s1. The summed E-state index contributed by atoms with van der Waals surface area (Å²) in [7, 11) is 0. The lowest BCUT2D eigenvalue weighted by Crippen LogP contribution is -2.47. The van der Waals surface area contributed by atoms with Crippen LogP contribution < -0.4 is 5.32 Å². The van der Waals surface area contributed by atoms with Crippen molar-refractivity contribution in [1.29, 1.82) is 0 Å². The van der Waals surface area contributed by atoms with Crippen LogP contribution in [0.5, 0.6) is 0 Å². The van der Waals surface area contributed by atoms with E-state index in [0.717, 1.165) is 30.5 Å². The first kappa shape index (κ1) is 28.9. The van der Waals surface area contributed by atoms with E-state index in [1.807, 2.05) is 25.3 Å². The Balaban J connectivity index is 1.85. The lowest BCUT2D eigenvalue weighted by atomic mass is 9.72. The van der Waals surface area contributed by atoms with Gasteiger partial charge in [-0.1, -0.05) is 34.1 Å². The van der Waals surface area contributed by atoms with Crippen LogP contribution >= 0.6 is 11.3 Å². The monoisotopic (exact) mass is 522 g/mol. The minimum absolute atomic E-state index is 0.0235. The second kappa shape index (κ2) is 11.4. The fourth-order valence-electron chi connectivity index (χ4n) is 5.21. The van der Waals surface area contributed by atoms with Gasteiger partial charge in [0.1, 0.15) is 10.8 Å². The van der Waals surface area contributed by atoms with Crippen molar-refractivity contribution in [3.8, 4) is 0 Å². The van der Waals surface area contributed by atoms with Gasteiger partial charge in [0.05, 0.1) is 54.1 Å². The Morgan fingerprint density at radius 3 is 2.61 bits per heavy atom. The number of aliphatic hydroxyl groups is 3. The van der Waals surface area contributed by atoms with Gasteiger partial charge in [0.15, 0.2) is 0 Å². The van der Waals surface area contributed by atoms with E-state index in [4.69, 9.17) is 4.74 Å².